The summed E-state index contributed by atoms with van der Waals surface area (Å²) in [6.07, 6.45) is 7.42. The summed E-state index contributed by atoms with van der Waals surface area (Å²) < 4.78 is 0. The van der Waals surface area contributed by atoms with Crippen LogP contribution in [0.1, 0.15) is 40.0 Å². The molecule has 0 aromatic carbocycles. The van der Waals surface area contributed by atoms with Gasteiger partial charge in [0.25, 0.3) is 0 Å². The predicted molar refractivity (Wildman–Crippen MR) is 74.8 cm³/mol. The first kappa shape index (κ1) is 13.3. The molecule has 4 heteroatoms. The molecule has 1 unspecified atom stereocenters. The van der Waals surface area contributed by atoms with Gasteiger partial charge in [0.2, 0.25) is 5.95 Å². The Balaban J connectivity index is 2.02. The molecule has 0 aliphatic carbocycles. The summed E-state index contributed by atoms with van der Waals surface area (Å²) in [5.41, 5.74) is 0.167. The summed E-state index contributed by atoms with van der Waals surface area (Å²) in [6, 6.07) is 2.39. The Bertz CT molecular complexity index is 358. The van der Waals surface area contributed by atoms with Gasteiger partial charge in [-0.15, -0.1) is 0 Å². The van der Waals surface area contributed by atoms with Crippen LogP contribution in [0.5, 0.6) is 0 Å². The van der Waals surface area contributed by atoms with Crippen molar-refractivity contribution >= 4 is 5.95 Å². The van der Waals surface area contributed by atoms with E-state index in [2.05, 4.69) is 41.0 Å². The molecule has 2 rings (SSSR count). The molecule has 1 aromatic rings. The van der Waals surface area contributed by atoms with Crippen LogP contribution in [0.15, 0.2) is 18.5 Å². The second-order valence-corrected chi connectivity index (χ2v) is 6.02. The molecule has 2 heterocycles. The average Bonchev–Trinajstić information content (AvgIpc) is 2.37. The van der Waals surface area contributed by atoms with E-state index in [1.165, 1.54) is 19.3 Å². The monoisotopic (exact) mass is 248 g/mol. The van der Waals surface area contributed by atoms with Gasteiger partial charge in [-0.25, -0.2) is 9.97 Å². The van der Waals surface area contributed by atoms with Gasteiger partial charge in [0.15, 0.2) is 0 Å². The van der Waals surface area contributed by atoms with Crippen LogP contribution in [0.2, 0.25) is 0 Å². The predicted octanol–water partition coefficient (Wildman–Crippen LogP) is 2.22. The summed E-state index contributed by atoms with van der Waals surface area (Å²) in [6.45, 7) is 8.69. The molecule has 0 amide bonds. The lowest BCUT2D eigenvalue weighted by Gasteiger charge is -2.37. The number of hydrogen-bond donors (Lipinski definition) is 1. The van der Waals surface area contributed by atoms with E-state index in [-0.39, 0.29) is 5.54 Å². The SMILES string of the molecule is CC(C)(C)NCC1CCCCN1c1ncccn1. The van der Waals surface area contributed by atoms with Crippen LogP contribution in [0.25, 0.3) is 0 Å². The quantitative estimate of drug-likeness (QED) is 0.890. The largest absolute Gasteiger partial charge is 0.337 e. The van der Waals surface area contributed by atoms with Crippen molar-refractivity contribution in [3.05, 3.63) is 18.5 Å². The molecule has 1 atom stereocenters. The topological polar surface area (TPSA) is 41.0 Å². The van der Waals surface area contributed by atoms with Gasteiger partial charge < -0.3 is 10.2 Å². The highest BCUT2D eigenvalue weighted by Crippen LogP contribution is 2.21. The maximum absolute atomic E-state index is 4.38. The number of nitrogens with one attached hydrogen (secondary N) is 1. The van der Waals surface area contributed by atoms with Crippen molar-refractivity contribution in [2.75, 3.05) is 18.0 Å². The fourth-order valence-corrected chi connectivity index (χ4v) is 2.34. The van der Waals surface area contributed by atoms with E-state index in [1.807, 2.05) is 18.5 Å². The van der Waals surface area contributed by atoms with E-state index < -0.39 is 0 Å². The van der Waals surface area contributed by atoms with Gasteiger partial charge in [-0.3, -0.25) is 0 Å². The lowest BCUT2D eigenvalue weighted by molar-refractivity contribution is 0.364. The van der Waals surface area contributed by atoms with Crippen LogP contribution >= 0.6 is 0 Å². The highest BCUT2D eigenvalue weighted by molar-refractivity contribution is 5.31. The van der Waals surface area contributed by atoms with Gasteiger partial charge in [-0.2, -0.15) is 0 Å². The number of rotatable bonds is 3. The fourth-order valence-electron chi connectivity index (χ4n) is 2.34. The number of nitrogens with zero attached hydrogens (tertiary/aromatic N) is 3. The standard InChI is InChI=1S/C14H24N4/c1-14(2,3)17-11-12-7-4-5-10-18(12)13-15-8-6-9-16-13/h6,8-9,12,17H,4-5,7,10-11H2,1-3H3. The molecule has 18 heavy (non-hydrogen) atoms. The molecule has 1 aliphatic heterocycles. The zero-order valence-corrected chi connectivity index (χ0v) is 11.7. The highest BCUT2D eigenvalue weighted by atomic mass is 15.3. The molecule has 0 radical (unpaired) electrons. The van der Waals surface area contributed by atoms with Crippen molar-refractivity contribution in [1.29, 1.82) is 0 Å². The van der Waals surface area contributed by atoms with Crippen molar-refractivity contribution in [3.8, 4) is 0 Å². The van der Waals surface area contributed by atoms with E-state index in [4.69, 9.17) is 0 Å². The molecule has 100 valence electrons. The van der Waals surface area contributed by atoms with Crippen molar-refractivity contribution < 1.29 is 0 Å². The zero-order valence-electron chi connectivity index (χ0n) is 11.7. The van der Waals surface area contributed by atoms with E-state index in [1.54, 1.807) is 0 Å². The third-order valence-corrected chi connectivity index (χ3v) is 3.30. The fraction of sp³-hybridized carbons (Fsp3) is 0.714. The van der Waals surface area contributed by atoms with Crippen LogP contribution in [-0.2, 0) is 0 Å². The maximum atomic E-state index is 4.38. The molecule has 1 fully saturated rings. The summed E-state index contributed by atoms with van der Waals surface area (Å²) >= 11 is 0. The van der Waals surface area contributed by atoms with Gasteiger partial charge in [-0.05, 0) is 46.1 Å². The first-order chi connectivity index (χ1) is 8.56. The first-order valence-electron chi connectivity index (χ1n) is 6.85. The zero-order chi connectivity index (χ0) is 13.0. The highest BCUT2D eigenvalue weighted by Gasteiger charge is 2.25. The molecule has 1 aromatic heterocycles. The number of hydrogen-bond acceptors (Lipinski definition) is 4. The minimum absolute atomic E-state index is 0.167. The number of piperidine rings is 1. The summed E-state index contributed by atoms with van der Waals surface area (Å²) in [5.74, 6) is 0.873. The third-order valence-electron chi connectivity index (χ3n) is 3.30. The smallest absolute Gasteiger partial charge is 0.225 e. The molecule has 1 aliphatic rings. The van der Waals surface area contributed by atoms with E-state index >= 15 is 0 Å². The lowest BCUT2D eigenvalue weighted by Crippen LogP contribution is -2.50. The van der Waals surface area contributed by atoms with Crippen molar-refractivity contribution in [3.63, 3.8) is 0 Å². The molecule has 4 nitrogen and oxygen atoms in total. The van der Waals surface area contributed by atoms with Crippen molar-refractivity contribution in [1.82, 2.24) is 15.3 Å². The van der Waals surface area contributed by atoms with E-state index in [0.717, 1.165) is 19.0 Å². The molecule has 0 bridgehead atoms. The van der Waals surface area contributed by atoms with Gasteiger partial charge in [0, 0.05) is 37.1 Å². The van der Waals surface area contributed by atoms with Gasteiger partial charge in [0.05, 0.1) is 0 Å². The van der Waals surface area contributed by atoms with Crippen LogP contribution in [0, 0.1) is 0 Å². The average molecular weight is 248 g/mol. The molecular formula is C14H24N4. The van der Waals surface area contributed by atoms with E-state index in [9.17, 15) is 0 Å². The Morgan fingerprint density at radius 1 is 1.28 bits per heavy atom. The van der Waals surface area contributed by atoms with E-state index in [0.29, 0.717) is 6.04 Å². The molecular weight excluding hydrogens is 224 g/mol. The molecule has 1 saturated heterocycles. The van der Waals surface area contributed by atoms with Crippen molar-refractivity contribution in [2.45, 2.75) is 51.6 Å². The summed E-state index contributed by atoms with van der Waals surface area (Å²) in [4.78, 5) is 11.1. The van der Waals surface area contributed by atoms with Crippen molar-refractivity contribution in [2.24, 2.45) is 0 Å². The number of aromatic nitrogens is 2. The number of anilines is 1. The van der Waals surface area contributed by atoms with Crippen LogP contribution in [-0.4, -0.2) is 34.6 Å². The van der Waals surface area contributed by atoms with Crippen LogP contribution in [0.4, 0.5) is 5.95 Å². The Hall–Kier alpha value is -1.16. The minimum atomic E-state index is 0.167. The van der Waals surface area contributed by atoms with Gasteiger partial charge in [0.1, 0.15) is 0 Å². The molecule has 0 saturated carbocycles. The Kier molecular flexibility index (Phi) is 4.17. The Labute approximate surface area is 110 Å². The Morgan fingerprint density at radius 3 is 2.67 bits per heavy atom. The second kappa shape index (κ2) is 5.65. The van der Waals surface area contributed by atoms with Crippen LogP contribution in [0.3, 0.4) is 0 Å². The van der Waals surface area contributed by atoms with Crippen LogP contribution < -0.4 is 10.2 Å². The van der Waals surface area contributed by atoms with Gasteiger partial charge >= 0.3 is 0 Å². The van der Waals surface area contributed by atoms with Gasteiger partial charge in [-0.1, -0.05) is 0 Å². The summed E-state index contributed by atoms with van der Waals surface area (Å²) in [5, 5.41) is 3.59. The summed E-state index contributed by atoms with van der Waals surface area (Å²) in [7, 11) is 0. The maximum Gasteiger partial charge on any atom is 0.225 e. The third kappa shape index (κ3) is 3.67. The first-order valence-corrected chi connectivity index (χ1v) is 6.85. The molecule has 0 spiro atoms. The normalized spacial score (nSPS) is 21.1. The Morgan fingerprint density at radius 2 is 2.00 bits per heavy atom. The lowest BCUT2D eigenvalue weighted by atomic mass is 10.0. The molecule has 1 N–H and O–H groups in total. The second-order valence-electron chi connectivity index (χ2n) is 6.02. The minimum Gasteiger partial charge on any atom is -0.337 e.